The van der Waals surface area contributed by atoms with Gasteiger partial charge in [-0.05, 0) is 30.5 Å². The van der Waals surface area contributed by atoms with Crippen LogP contribution in [0.4, 0.5) is 5.69 Å². The third kappa shape index (κ3) is 3.09. The number of carbonyl (C=O) groups excluding carboxylic acids is 2. The first kappa shape index (κ1) is 12.6. The lowest BCUT2D eigenvalue weighted by Gasteiger charge is -2.21. The van der Waals surface area contributed by atoms with Gasteiger partial charge in [0.2, 0.25) is 11.8 Å². The van der Waals surface area contributed by atoms with Crippen molar-refractivity contribution < 1.29 is 9.59 Å². The Labute approximate surface area is 107 Å². The largest absolute Gasteiger partial charge is 0.356 e. The van der Waals surface area contributed by atoms with Gasteiger partial charge in [-0.1, -0.05) is 19.1 Å². The Bertz CT molecular complexity index is 440. The highest BCUT2D eigenvalue weighted by Gasteiger charge is 2.25. The lowest BCUT2D eigenvalue weighted by atomic mass is 9.96. The van der Waals surface area contributed by atoms with Gasteiger partial charge in [0.1, 0.15) is 0 Å². The number of nitrogens with one attached hydrogen (secondary N) is 2. The van der Waals surface area contributed by atoms with Crippen molar-refractivity contribution in [1.29, 1.82) is 0 Å². The lowest BCUT2D eigenvalue weighted by molar-refractivity contribution is -0.129. The molecule has 1 aliphatic rings. The minimum Gasteiger partial charge on any atom is -0.356 e. The van der Waals surface area contributed by atoms with Crippen molar-refractivity contribution in [3.05, 3.63) is 29.8 Å². The molecule has 1 saturated heterocycles. The average molecular weight is 246 g/mol. The van der Waals surface area contributed by atoms with Crippen LogP contribution in [0.5, 0.6) is 0 Å². The van der Waals surface area contributed by atoms with Gasteiger partial charge >= 0.3 is 0 Å². The maximum atomic E-state index is 12.0. The van der Waals surface area contributed by atoms with E-state index < -0.39 is 0 Å². The molecule has 0 aliphatic carbocycles. The van der Waals surface area contributed by atoms with Crippen LogP contribution in [0.3, 0.4) is 0 Å². The van der Waals surface area contributed by atoms with Gasteiger partial charge in [-0.3, -0.25) is 9.59 Å². The number of anilines is 1. The van der Waals surface area contributed by atoms with E-state index in [1.807, 2.05) is 24.3 Å². The molecule has 0 radical (unpaired) electrons. The van der Waals surface area contributed by atoms with Gasteiger partial charge < -0.3 is 10.6 Å². The Morgan fingerprint density at radius 3 is 2.72 bits per heavy atom. The van der Waals surface area contributed by atoms with Crippen LogP contribution in [0.1, 0.15) is 25.3 Å². The van der Waals surface area contributed by atoms with Crippen LogP contribution in [0.2, 0.25) is 0 Å². The molecule has 0 spiro atoms. The first-order chi connectivity index (χ1) is 8.69. The summed E-state index contributed by atoms with van der Waals surface area (Å²) in [4.78, 5) is 23.2. The minimum absolute atomic E-state index is 0.0391. The third-order valence-electron chi connectivity index (χ3n) is 3.25. The smallest absolute Gasteiger partial charge is 0.228 e. The number of benzene rings is 1. The second-order valence-electron chi connectivity index (χ2n) is 4.58. The van der Waals surface area contributed by atoms with E-state index in [1.54, 1.807) is 0 Å². The van der Waals surface area contributed by atoms with E-state index >= 15 is 0 Å². The number of hydrogen-bond acceptors (Lipinski definition) is 2. The van der Waals surface area contributed by atoms with E-state index in [-0.39, 0.29) is 17.7 Å². The molecule has 2 amide bonds. The Kier molecular flexibility index (Phi) is 3.97. The molecule has 4 nitrogen and oxygen atoms in total. The molecule has 2 N–H and O–H groups in total. The zero-order chi connectivity index (χ0) is 13.0. The predicted molar refractivity (Wildman–Crippen MR) is 70.2 cm³/mol. The summed E-state index contributed by atoms with van der Waals surface area (Å²) in [6.45, 7) is 2.68. The maximum Gasteiger partial charge on any atom is 0.228 e. The molecule has 1 heterocycles. The quantitative estimate of drug-likeness (QED) is 0.853. The zero-order valence-corrected chi connectivity index (χ0v) is 10.5. The number of carbonyl (C=O) groups is 2. The van der Waals surface area contributed by atoms with Crippen LogP contribution in [0.15, 0.2) is 24.3 Å². The van der Waals surface area contributed by atoms with Crippen molar-refractivity contribution in [1.82, 2.24) is 5.32 Å². The first-order valence-corrected chi connectivity index (χ1v) is 6.35. The van der Waals surface area contributed by atoms with Crippen LogP contribution in [-0.2, 0) is 16.0 Å². The van der Waals surface area contributed by atoms with Crippen molar-refractivity contribution in [2.75, 3.05) is 11.9 Å². The topological polar surface area (TPSA) is 58.2 Å². The van der Waals surface area contributed by atoms with E-state index in [0.717, 1.165) is 12.1 Å². The normalized spacial score (nSPS) is 19.2. The van der Waals surface area contributed by atoms with E-state index in [2.05, 4.69) is 17.6 Å². The van der Waals surface area contributed by atoms with Gasteiger partial charge in [0.25, 0.3) is 0 Å². The molecule has 1 aromatic rings. The molecular weight excluding hydrogens is 228 g/mol. The predicted octanol–water partition coefficient (Wildman–Crippen LogP) is 1.71. The fourth-order valence-corrected chi connectivity index (χ4v) is 2.08. The molecule has 0 aromatic heterocycles. The van der Waals surface area contributed by atoms with Crippen LogP contribution >= 0.6 is 0 Å². The molecule has 1 fully saturated rings. The van der Waals surface area contributed by atoms with Gasteiger partial charge in [0.05, 0.1) is 0 Å². The summed E-state index contributed by atoms with van der Waals surface area (Å²) in [5.41, 5.74) is 2.04. The lowest BCUT2D eigenvalue weighted by Crippen LogP contribution is -2.38. The highest BCUT2D eigenvalue weighted by Crippen LogP contribution is 2.16. The number of hydrogen-bond donors (Lipinski definition) is 2. The summed E-state index contributed by atoms with van der Waals surface area (Å²) in [5, 5.41) is 5.59. The van der Waals surface area contributed by atoms with Gasteiger partial charge in [0.15, 0.2) is 0 Å². The van der Waals surface area contributed by atoms with Gasteiger partial charge in [-0.2, -0.15) is 0 Å². The molecule has 0 saturated carbocycles. The second kappa shape index (κ2) is 5.67. The Hall–Kier alpha value is -1.84. The van der Waals surface area contributed by atoms with Crippen LogP contribution in [-0.4, -0.2) is 18.4 Å². The van der Waals surface area contributed by atoms with E-state index in [4.69, 9.17) is 0 Å². The summed E-state index contributed by atoms with van der Waals surface area (Å²) in [6.07, 6.45) is 1.99. The van der Waals surface area contributed by atoms with Crippen LogP contribution < -0.4 is 10.6 Å². The van der Waals surface area contributed by atoms with Crippen molar-refractivity contribution in [3.63, 3.8) is 0 Å². The van der Waals surface area contributed by atoms with Crippen LogP contribution in [0, 0.1) is 5.92 Å². The Balaban J connectivity index is 1.95. The first-order valence-electron chi connectivity index (χ1n) is 6.35. The fraction of sp³-hybridized carbons (Fsp3) is 0.429. The minimum atomic E-state index is -0.204. The molecule has 1 atom stereocenters. The standard InChI is InChI=1S/C14H18N2O2/c1-2-10-3-5-12(6-4-10)16-14(18)11-7-8-15-13(17)9-11/h3-6,11H,2,7-9H2,1H3,(H,15,17)(H,16,18). The van der Waals surface area contributed by atoms with Crippen molar-refractivity contribution in [2.24, 2.45) is 5.92 Å². The summed E-state index contributed by atoms with van der Waals surface area (Å²) in [6, 6.07) is 7.81. The molecule has 1 aliphatic heterocycles. The second-order valence-corrected chi connectivity index (χ2v) is 4.58. The maximum absolute atomic E-state index is 12.0. The molecule has 4 heteroatoms. The fourth-order valence-electron chi connectivity index (χ4n) is 2.08. The van der Waals surface area contributed by atoms with E-state index in [1.165, 1.54) is 5.56 Å². The van der Waals surface area contributed by atoms with Crippen LogP contribution in [0.25, 0.3) is 0 Å². The average Bonchev–Trinajstić information content (AvgIpc) is 2.39. The Morgan fingerprint density at radius 1 is 1.39 bits per heavy atom. The molecule has 1 unspecified atom stereocenters. The number of aryl methyl sites for hydroxylation is 1. The molecule has 96 valence electrons. The van der Waals surface area contributed by atoms with Gasteiger partial charge in [0, 0.05) is 24.6 Å². The number of piperidine rings is 1. The van der Waals surface area contributed by atoms with Crippen molar-refractivity contribution in [3.8, 4) is 0 Å². The summed E-state index contributed by atoms with van der Waals surface area (Å²) in [7, 11) is 0. The third-order valence-corrected chi connectivity index (χ3v) is 3.25. The molecule has 2 rings (SSSR count). The van der Waals surface area contributed by atoms with Gasteiger partial charge in [-0.25, -0.2) is 0 Å². The highest BCUT2D eigenvalue weighted by molar-refractivity contribution is 5.95. The summed E-state index contributed by atoms with van der Waals surface area (Å²) >= 11 is 0. The van der Waals surface area contributed by atoms with E-state index in [9.17, 15) is 9.59 Å². The number of rotatable bonds is 3. The van der Waals surface area contributed by atoms with Crippen molar-refractivity contribution in [2.45, 2.75) is 26.2 Å². The molecule has 1 aromatic carbocycles. The SMILES string of the molecule is CCc1ccc(NC(=O)C2CCNC(=O)C2)cc1. The van der Waals surface area contributed by atoms with E-state index in [0.29, 0.717) is 19.4 Å². The molecule has 18 heavy (non-hydrogen) atoms. The zero-order valence-electron chi connectivity index (χ0n) is 10.5. The number of amides is 2. The highest BCUT2D eigenvalue weighted by atomic mass is 16.2. The molecule has 0 bridgehead atoms. The van der Waals surface area contributed by atoms with Gasteiger partial charge in [-0.15, -0.1) is 0 Å². The summed E-state index contributed by atoms with van der Waals surface area (Å²) < 4.78 is 0. The monoisotopic (exact) mass is 246 g/mol. The summed E-state index contributed by atoms with van der Waals surface area (Å²) in [5.74, 6) is -0.304. The Morgan fingerprint density at radius 2 is 2.11 bits per heavy atom. The van der Waals surface area contributed by atoms with Crippen molar-refractivity contribution >= 4 is 17.5 Å². The molecular formula is C14H18N2O2.